The molecule has 4 aromatic rings. The number of benzene rings is 1. The Morgan fingerprint density at radius 3 is 2.42 bits per heavy atom. The predicted octanol–water partition coefficient (Wildman–Crippen LogP) is 4.08. The molecule has 0 radical (unpaired) electrons. The predicted molar refractivity (Wildman–Crippen MR) is 129 cm³/mol. The zero-order valence-corrected chi connectivity index (χ0v) is 20.6. The van der Waals surface area contributed by atoms with E-state index in [9.17, 15) is 13.6 Å². The minimum Gasteiger partial charge on any atom is -0.422 e. The van der Waals surface area contributed by atoms with E-state index < -0.39 is 17.5 Å². The third-order valence-electron chi connectivity index (χ3n) is 5.92. The molecule has 1 aromatic carbocycles. The lowest BCUT2D eigenvalue weighted by Crippen LogP contribution is -2.49. The Morgan fingerprint density at radius 1 is 1.06 bits per heavy atom. The largest absolute Gasteiger partial charge is 0.422 e. The van der Waals surface area contributed by atoms with Crippen molar-refractivity contribution in [3.05, 3.63) is 53.4 Å². The molecule has 1 aliphatic heterocycles. The van der Waals surface area contributed by atoms with Crippen LogP contribution >= 0.6 is 0 Å². The maximum Gasteiger partial charge on any atom is 0.300 e. The molecule has 11 heteroatoms. The number of amides is 1. The first-order valence-corrected chi connectivity index (χ1v) is 11.8. The first-order chi connectivity index (χ1) is 17.1. The number of hydrogen-bond donors (Lipinski definition) is 0. The fourth-order valence-corrected chi connectivity index (χ4v) is 4.17. The van der Waals surface area contributed by atoms with Gasteiger partial charge in [-0.05, 0) is 36.6 Å². The quantitative estimate of drug-likeness (QED) is 0.421. The smallest absolute Gasteiger partial charge is 0.300 e. The fourth-order valence-electron chi connectivity index (χ4n) is 4.17. The molecule has 0 unspecified atom stereocenters. The molecule has 9 nitrogen and oxygen atoms in total. The second kappa shape index (κ2) is 8.96. The van der Waals surface area contributed by atoms with Gasteiger partial charge in [0.25, 0.3) is 11.9 Å². The molecule has 0 aliphatic carbocycles. The molecule has 188 valence electrons. The third-order valence-corrected chi connectivity index (χ3v) is 5.92. The summed E-state index contributed by atoms with van der Waals surface area (Å²) in [7, 11) is 0. The highest BCUT2D eigenvalue weighted by atomic mass is 19.1. The molecule has 3 aromatic heterocycles. The first-order valence-electron chi connectivity index (χ1n) is 11.8. The van der Waals surface area contributed by atoms with Crippen molar-refractivity contribution in [2.45, 2.75) is 34.2 Å². The van der Waals surface area contributed by atoms with Gasteiger partial charge in [-0.15, -0.1) is 0 Å². The number of rotatable bonds is 4. The van der Waals surface area contributed by atoms with E-state index in [1.807, 2.05) is 44.7 Å². The van der Waals surface area contributed by atoms with Crippen molar-refractivity contribution in [1.82, 2.24) is 29.9 Å². The SMILES string of the molecule is Cc1ccc2oc(N3CCN(C(=O)c4cc(F)c(-c5cnn(CC(C)(C)C)n5)c(F)c4)CC3)nc2n1. The van der Waals surface area contributed by atoms with Crippen LogP contribution in [-0.4, -0.2) is 61.9 Å². The van der Waals surface area contributed by atoms with Crippen molar-refractivity contribution in [2.24, 2.45) is 5.41 Å². The Labute approximate surface area is 206 Å². The van der Waals surface area contributed by atoms with E-state index in [1.165, 1.54) is 11.0 Å². The Kier molecular flexibility index (Phi) is 5.93. The summed E-state index contributed by atoms with van der Waals surface area (Å²) in [6.07, 6.45) is 1.33. The van der Waals surface area contributed by atoms with Gasteiger partial charge in [0, 0.05) is 37.4 Å². The van der Waals surface area contributed by atoms with Gasteiger partial charge >= 0.3 is 0 Å². The fraction of sp³-hybridized carbons (Fsp3) is 0.400. The average Bonchev–Trinajstić information content (AvgIpc) is 3.43. The Hall–Kier alpha value is -3.89. The van der Waals surface area contributed by atoms with E-state index in [2.05, 4.69) is 20.2 Å². The molecular formula is C25H27F2N7O2. The van der Waals surface area contributed by atoms with E-state index >= 15 is 0 Å². The molecule has 1 amide bonds. The van der Waals surface area contributed by atoms with Gasteiger partial charge in [-0.25, -0.2) is 13.8 Å². The highest BCUT2D eigenvalue weighted by Gasteiger charge is 2.27. The summed E-state index contributed by atoms with van der Waals surface area (Å²) in [6, 6.07) is 6.24. The minimum atomic E-state index is -0.853. The van der Waals surface area contributed by atoms with E-state index in [0.717, 1.165) is 17.8 Å². The van der Waals surface area contributed by atoms with Crippen LogP contribution in [0.1, 0.15) is 36.8 Å². The molecule has 0 spiro atoms. The van der Waals surface area contributed by atoms with Crippen LogP contribution in [0.2, 0.25) is 0 Å². The van der Waals surface area contributed by atoms with Crippen LogP contribution in [0.25, 0.3) is 22.5 Å². The summed E-state index contributed by atoms with van der Waals surface area (Å²) in [6.45, 7) is 10.1. The summed E-state index contributed by atoms with van der Waals surface area (Å²) in [5.41, 5.74) is 1.63. The van der Waals surface area contributed by atoms with Crippen LogP contribution in [0.15, 0.2) is 34.9 Å². The summed E-state index contributed by atoms with van der Waals surface area (Å²) in [5, 5.41) is 8.33. The lowest BCUT2D eigenvalue weighted by molar-refractivity contribution is 0.0744. The van der Waals surface area contributed by atoms with Crippen molar-refractivity contribution < 1.29 is 18.0 Å². The van der Waals surface area contributed by atoms with Crippen molar-refractivity contribution in [3.8, 4) is 11.3 Å². The molecule has 4 heterocycles. The van der Waals surface area contributed by atoms with Crippen molar-refractivity contribution >= 4 is 23.2 Å². The molecule has 0 saturated carbocycles. The van der Waals surface area contributed by atoms with Crippen LogP contribution < -0.4 is 4.90 Å². The van der Waals surface area contributed by atoms with E-state index in [0.29, 0.717) is 50.0 Å². The number of piperazine rings is 1. The van der Waals surface area contributed by atoms with Crippen LogP contribution in [-0.2, 0) is 6.54 Å². The van der Waals surface area contributed by atoms with Gasteiger partial charge in [0.05, 0.1) is 18.3 Å². The Morgan fingerprint density at radius 2 is 1.75 bits per heavy atom. The number of nitrogens with zero attached hydrogens (tertiary/aromatic N) is 7. The standard InChI is InChI=1S/C25H27F2N7O2/c1-15-5-6-20-22(29-15)30-24(36-20)33-9-7-32(8-10-33)23(35)16-11-17(26)21(18(27)12-16)19-13-28-34(31-19)14-25(2,3)4/h5-6,11-13H,7-10,14H2,1-4H3. The zero-order valence-electron chi connectivity index (χ0n) is 20.6. The number of anilines is 1. The lowest BCUT2D eigenvalue weighted by Gasteiger charge is -2.33. The maximum atomic E-state index is 15.0. The van der Waals surface area contributed by atoms with Gasteiger partial charge < -0.3 is 14.2 Å². The van der Waals surface area contributed by atoms with Crippen molar-refractivity contribution in [2.75, 3.05) is 31.1 Å². The van der Waals surface area contributed by atoms with Gasteiger partial charge in [0.1, 0.15) is 17.3 Å². The number of oxazole rings is 1. The van der Waals surface area contributed by atoms with Gasteiger partial charge in [0.2, 0.25) is 5.65 Å². The number of halogens is 2. The molecule has 0 N–H and O–H groups in total. The Bertz CT molecular complexity index is 1410. The summed E-state index contributed by atoms with van der Waals surface area (Å²) in [4.78, 5) is 26.7. The minimum absolute atomic E-state index is 0.0502. The highest BCUT2D eigenvalue weighted by molar-refractivity contribution is 5.95. The molecular weight excluding hydrogens is 468 g/mol. The monoisotopic (exact) mass is 495 g/mol. The van der Waals surface area contributed by atoms with Crippen molar-refractivity contribution in [3.63, 3.8) is 0 Å². The second-order valence-electron chi connectivity index (χ2n) is 10.2. The summed E-state index contributed by atoms with van der Waals surface area (Å²) < 4.78 is 35.7. The van der Waals surface area contributed by atoms with E-state index in [4.69, 9.17) is 4.42 Å². The number of carbonyl (C=O) groups excluding carboxylic acids is 1. The van der Waals surface area contributed by atoms with E-state index in [-0.39, 0.29) is 22.2 Å². The second-order valence-corrected chi connectivity index (χ2v) is 10.2. The first kappa shape index (κ1) is 23.8. The summed E-state index contributed by atoms with van der Waals surface area (Å²) >= 11 is 0. The topological polar surface area (TPSA) is 93.2 Å². The highest BCUT2D eigenvalue weighted by Crippen LogP contribution is 2.27. The van der Waals surface area contributed by atoms with Gasteiger partial charge in [-0.3, -0.25) is 4.79 Å². The van der Waals surface area contributed by atoms with Crippen LogP contribution in [0.5, 0.6) is 0 Å². The van der Waals surface area contributed by atoms with Gasteiger partial charge in [-0.2, -0.15) is 20.0 Å². The molecule has 1 saturated heterocycles. The number of pyridine rings is 1. The van der Waals surface area contributed by atoms with Crippen LogP contribution in [0.4, 0.5) is 14.8 Å². The molecule has 0 atom stereocenters. The van der Waals surface area contributed by atoms with Crippen LogP contribution in [0.3, 0.4) is 0 Å². The molecule has 1 aliphatic rings. The molecule has 1 fully saturated rings. The number of fused-ring (bicyclic) bond motifs is 1. The van der Waals surface area contributed by atoms with Crippen LogP contribution in [0, 0.1) is 24.0 Å². The summed E-state index contributed by atoms with van der Waals surface area (Å²) in [5.74, 6) is -2.15. The number of carbonyl (C=O) groups is 1. The lowest BCUT2D eigenvalue weighted by atomic mass is 9.97. The third kappa shape index (κ3) is 4.77. The van der Waals surface area contributed by atoms with Crippen molar-refractivity contribution in [1.29, 1.82) is 0 Å². The molecule has 36 heavy (non-hydrogen) atoms. The number of hydrogen-bond acceptors (Lipinski definition) is 7. The average molecular weight is 496 g/mol. The zero-order chi connectivity index (χ0) is 25.6. The number of aryl methyl sites for hydroxylation is 1. The normalized spacial score (nSPS) is 14.6. The van der Waals surface area contributed by atoms with E-state index in [1.54, 1.807) is 4.90 Å². The molecule has 5 rings (SSSR count). The maximum absolute atomic E-state index is 15.0. The molecule has 0 bridgehead atoms. The van der Waals surface area contributed by atoms with Gasteiger partial charge in [0.15, 0.2) is 5.58 Å². The number of aromatic nitrogens is 5. The Balaban J connectivity index is 1.28. The van der Waals surface area contributed by atoms with Gasteiger partial charge in [-0.1, -0.05) is 20.8 Å².